The van der Waals surface area contributed by atoms with Gasteiger partial charge in [-0.1, -0.05) is 23.9 Å². The highest BCUT2D eigenvalue weighted by Gasteiger charge is 2.17. The fourth-order valence-electron chi connectivity index (χ4n) is 2.89. The molecule has 4 aromatic rings. The molecule has 0 unspecified atom stereocenters. The quantitative estimate of drug-likeness (QED) is 0.216. The molecule has 10 heteroatoms. The Hall–Kier alpha value is -3.53. The Morgan fingerprint density at radius 2 is 1.90 bits per heavy atom. The number of non-ortho nitro benzene ring substituents is 1. The van der Waals surface area contributed by atoms with Crippen LogP contribution in [0.2, 0.25) is 0 Å². The monoisotopic (exact) mass is 408 g/mol. The number of nitro benzene ring substituents is 1. The minimum Gasteiger partial charge on any atom is -0.315 e. The molecule has 9 nitrogen and oxygen atoms in total. The molecule has 0 spiro atoms. The Morgan fingerprint density at radius 3 is 2.62 bits per heavy atom. The second-order valence-corrected chi connectivity index (χ2v) is 7.26. The summed E-state index contributed by atoms with van der Waals surface area (Å²) in [5.41, 5.74) is 2.04. The number of hydrogen-bond donors (Lipinski definition) is 0. The van der Waals surface area contributed by atoms with Crippen molar-refractivity contribution in [3.8, 4) is 0 Å². The van der Waals surface area contributed by atoms with Gasteiger partial charge in [0.1, 0.15) is 5.82 Å². The fourth-order valence-corrected chi connectivity index (χ4v) is 3.75. The van der Waals surface area contributed by atoms with E-state index < -0.39 is 4.92 Å². The summed E-state index contributed by atoms with van der Waals surface area (Å²) in [7, 11) is 1.63. The summed E-state index contributed by atoms with van der Waals surface area (Å²) in [5.74, 6) is 0.593. The van der Waals surface area contributed by atoms with Gasteiger partial charge in [0, 0.05) is 30.3 Å². The average molecular weight is 408 g/mol. The van der Waals surface area contributed by atoms with Crippen LogP contribution in [0, 0.1) is 17.0 Å². The number of anilines is 1. The Morgan fingerprint density at radius 1 is 1.17 bits per heavy atom. The summed E-state index contributed by atoms with van der Waals surface area (Å²) in [6.45, 7) is 1.81. The number of carbonyl (C=O) groups is 1. The van der Waals surface area contributed by atoms with E-state index in [-0.39, 0.29) is 17.3 Å². The van der Waals surface area contributed by atoms with E-state index in [4.69, 9.17) is 0 Å². The van der Waals surface area contributed by atoms with Gasteiger partial charge in [-0.2, -0.15) is 4.52 Å². The van der Waals surface area contributed by atoms with Gasteiger partial charge in [-0.15, -0.1) is 5.10 Å². The summed E-state index contributed by atoms with van der Waals surface area (Å²) in [6.07, 6.45) is 0. The van der Waals surface area contributed by atoms with Gasteiger partial charge in [0.2, 0.25) is 5.91 Å². The standard InChI is InChI=1S/C19H16N6O3S/c1-12-20-18-15-5-3-4-6-16(15)21-19(24(18)22-12)29-11-17(26)23(2)13-7-9-14(10-8-13)25(27)28/h3-10H,11H2,1-2H3. The van der Waals surface area contributed by atoms with Gasteiger partial charge in [-0.25, -0.2) is 9.97 Å². The second-order valence-electron chi connectivity index (χ2n) is 6.32. The van der Waals surface area contributed by atoms with Crippen LogP contribution in [-0.4, -0.2) is 43.2 Å². The number of nitro groups is 1. The Balaban J connectivity index is 1.57. The van der Waals surface area contributed by atoms with Crippen molar-refractivity contribution in [1.29, 1.82) is 0 Å². The number of hydrogen-bond acceptors (Lipinski definition) is 7. The molecule has 2 heterocycles. The predicted octanol–water partition coefficient (Wildman–Crippen LogP) is 3.25. The average Bonchev–Trinajstić information content (AvgIpc) is 3.13. The van der Waals surface area contributed by atoms with E-state index in [2.05, 4.69) is 15.1 Å². The Bertz CT molecular complexity index is 1240. The molecule has 0 aliphatic carbocycles. The molecule has 1 amide bonds. The first-order valence-corrected chi connectivity index (χ1v) is 9.68. The zero-order chi connectivity index (χ0) is 20.5. The van der Waals surface area contributed by atoms with Gasteiger partial charge >= 0.3 is 0 Å². The molecule has 0 N–H and O–H groups in total. The van der Waals surface area contributed by atoms with Crippen molar-refractivity contribution >= 4 is 45.6 Å². The van der Waals surface area contributed by atoms with Crippen LogP contribution in [0.5, 0.6) is 0 Å². The number of nitrogens with zero attached hydrogens (tertiary/aromatic N) is 6. The van der Waals surface area contributed by atoms with E-state index in [1.54, 1.807) is 23.7 Å². The summed E-state index contributed by atoms with van der Waals surface area (Å²) in [6, 6.07) is 13.5. The third-order valence-corrected chi connectivity index (χ3v) is 5.32. The summed E-state index contributed by atoms with van der Waals surface area (Å²) in [5, 5.41) is 16.7. The third-order valence-electron chi connectivity index (χ3n) is 4.40. The molecule has 0 atom stereocenters. The molecule has 146 valence electrons. The zero-order valence-electron chi connectivity index (χ0n) is 15.6. The van der Waals surface area contributed by atoms with Crippen molar-refractivity contribution < 1.29 is 9.72 Å². The maximum Gasteiger partial charge on any atom is 0.269 e. The van der Waals surface area contributed by atoms with Crippen molar-refractivity contribution in [2.75, 3.05) is 17.7 Å². The highest BCUT2D eigenvalue weighted by molar-refractivity contribution is 7.99. The second kappa shape index (κ2) is 7.47. The fraction of sp³-hybridized carbons (Fsp3) is 0.158. The molecule has 0 aliphatic heterocycles. The Labute approximate surface area is 169 Å². The van der Waals surface area contributed by atoms with Crippen LogP contribution in [0.3, 0.4) is 0 Å². The number of rotatable bonds is 5. The number of aryl methyl sites for hydroxylation is 1. The van der Waals surface area contributed by atoms with E-state index >= 15 is 0 Å². The van der Waals surface area contributed by atoms with Crippen molar-refractivity contribution in [1.82, 2.24) is 19.6 Å². The minimum absolute atomic E-state index is 0.0201. The maximum absolute atomic E-state index is 12.6. The molecule has 0 bridgehead atoms. The molecule has 2 aromatic carbocycles. The van der Waals surface area contributed by atoms with Crippen LogP contribution < -0.4 is 4.90 Å². The van der Waals surface area contributed by atoms with E-state index in [1.807, 2.05) is 31.2 Å². The molecular weight excluding hydrogens is 392 g/mol. The van der Waals surface area contributed by atoms with Crippen LogP contribution in [0.15, 0.2) is 53.7 Å². The van der Waals surface area contributed by atoms with Gasteiger partial charge in [-0.3, -0.25) is 14.9 Å². The van der Waals surface area contributed by atoms with E-state index in [1.165, 1.54) is 28.8 Å². The van der Waals surface area contributed by atoms with Gasteiger partial charge in [0.05, 0.1) is 16.2 Å². The van der Waals surface area contributed by atoms with Crippen LogP contribution in [0.1, 0.15) is 5.82 Å². The lowest BCUT2D eigenvalue weighted by Gasteiger charge is -2.17. The van der Waals surface area contributed by atoms with Crippen molar-refractivity contribution in [2.24, 2.45) is 0 Å². The van der Waals surface area contributed by atoms with E-state index in [0.717, 1.165) is 10.9 Å². The van der Waals surface area contributed by atoms with Crippen molar-refractivity contribution in [3.05, 3.63) is 64.5 Å². The first-order valence-electron chi connectivity index (χ1n) is 8.70. The van der Waals surface area contributed by atoms with E-state index in [9.17, 15) is 14.9 Å². The number of aromatic nitrogens is 4. The highest BCUT2D eigenvalue weighted by Crippen LogP contribution is 2.25. The summed E-state index contributed by atoms with van der Waals surface area (Å²) < 4.78 is 1.65. The molecular formula is C19H16N6O3S. The largest absolute Gasteiger partial charge is 0.315 e. The molecule has 4 rings (SSSR count). The van der Waals surface area contributed by atoms with Crippen LogP contribution in [0.25, 0.3) is 16.6 Å². The van der Waals surface area contributed by atoms with Crippen LogP contribution in [-0.2, 0) is 4.79 Å². The lowest BCUT2D eigenvalue weighted by molar-refractivity contribution is -0.384. The smallest absolute Gasteiger partial charge is 0.269 e. The number of amides is 1. The number of benzene rings is 2. The van der Waals surface area contributed by atoms with Crippen molar-refractivity contribution in [2.45, 2.75) is 12.1 Å². The molecule has 2 aromatic heterocycles. The van der Waals surface area contributed by atoms with Crippen LogP contribution in [0.4, 0.5) is 11.4 Å². The molecule has 0 saturated carbocycles. The van der Waals surface area contributed by atoms with Gasteiger partial charge < -0.3 is 4.90 Å². The predicted molar refractivity (Wildman–Crippen MR) is 110 cm³/mol. The van der Waals surface area contributed by atoms with Gasteiger partial charge in [-0.05, 0) is 31.2 Å². The lowest BCUT2D eigenvalue weighted by Crippen LogP contribution is -2.28. The third kappa shape index (κ3) is 3.61. The van der Waals surface area contributed by atoms with Crippen LogP contribution >= 0.6 is 11.8 Å². The molecule has 0 radical (unpaired) electrons. The molecule has 0 aliphatic rings. The summed E-state index contributed by atoms with van der Waals surface area (Å²) in [4.78, 5) is 33.5. The number of carbonyl (C=O) groups excluding carboxylic acids is 1. The topological polar surface area (TPSA) is 107 Å². The number of thioether (sulfide) groups is 1. The number of fused-ring (bicyclic) bond motifs is 3. The molecule has 0 fully saturated rings. The molecule has 0 saturated heterocycles. The first-order chi connectivity index (χ1) is 13.9. The number of para-hydroxylation sites is 1. The zero-order valence-corrected chi connectivity index (χ0v) is 16.5. The first kappa shape index (κ1) is 18.8. The SMILES string of the molecule is Cc1nc2c3ccccc3nc(SCC(=O)N(C)c3ccc([N+](=O)[O-])cc3)n2n1. The summed E-state index contributed by atoms with van der Waals surface area (Å²) >= 11 is 1.27. The Kier molecular flexibility index (Phi) is 4.85. The van der Waals surface area contributed by atoms with Crippen molar-refractivity contribution in [3.63, 3.8) is 0 Å². The normalized spacial score (nSPS) is 11.1. The molecule has 29 heavy (non-hydrogen) atoms. The lowest BCUT2D eigenvalue weighted by atomic mass is 10.2. The van der Waals surface area contributed by atoms with Gasteiger partial charge in [0.25, 0.3) is 5.69 Å². The maximum atomic E-state index is 12.6. The van der Waals surface area contributed by atoms with E-state index in [0.29, 0.717) is 22.3 Å². The minimum atomic E-state index is -0.474. The highest BCUT2D eigenvalue weighted by atomic mass is 32.2. The van der Waals surface area contributed by atoms with Gasteiger partial charge in [0.15, 0.2) is 10.8 Å².